The summed E-state index contributed by atoms with van der Waals surface area (Å²) in [5, 5.41) is 4.10. The molecule has 0 amide bonds. The number of nitrogens with zero attached hydrogens (tertiary/aromatic N) is 3. The van der Waals surface area contributed by atoms with Gasteiger partial charge >= 0.3 is 0 Å². The van der Waals surface area contributed by atoms with Gasteiger partial charge in [0.25, 0.3) is 0 Å². The molecule has 1 saturated heterocycles. The molecule has 2 aromatic heterocycles. The molecule has 1 unspecified atom stereocenters. The van der Waals surface area contributed by atoms with Gasteiger partial charge in [-0.05, 0) is 31.6 Å². The highest BCUT2D eigenvalue weighted by Crippen LogP contribution is 2.45. The molecular formula is C19H25N3O3. The van der Waals surface area contributed by atoms with Gasteiger partial charge in [-0.15, -0.1) is 0 Å². The van der Waals surface area contributed by atoms with Gasteiger partial charge in [-0.25, -0.2) is 0 Å². The average Bonchev–Trinajstić information content (AvgIpc) is 3.30. The first kappa shape index (κ1) is 16.5. The van der Waals surface area contributed by atoms with Crippen LogP contribution in [0.25, 0.3) is 11.5 Å². The van der Waals surface area contributed by atoms with E-state index >= 15 is 0 Å². The summed E-state index contributed by atoms with van der Waals surface area (Å²) in [5.41, 5.74) is 1.70. The van der Waals surface area contributed by atoms with Crippen molar-refractivity contribution in [3.05, 3.63) is 23.7 Å². The normalized spacial score (nSPS) is 21.3. The maximum atomic E-state index is 6.27. The molecule has 0 bridgehead atoms. The van der Waals surface area contributed by atoms with Gasteiger partial charge in [0, 0.05) is 29.8 Å². The quantitative estimate of drug-likeness (QED) is 0.839. The van der Waals surface area contributed by atoms with E-state index in [0.717, 1.165) is 25.2 Å². The van der Waals surface area contributed by atoms with E-state index in [9.17, 15) is 0 Å². The van der Waals surface area contributed by atoms with Crippen LogP contribution in [0.3, 0.4) is 0 Å². The number of rotatable bonds is 4. The largest absolute Gasteiger partial charge is 0.488 e. The van der Waals surface area contributed by atoms with Crippen LogP contribution in [0.1, 0.15) is 63.8 Å². The van der Waals surface area contributed by atoms with Gasteiger partial charge in [0.2, 0.25) is 11.7 Å². The molecule has 6 heteroatoms. The van der Waals surface area contributed by atoms with Gasteiger partial charge in [0.15, 0.2) is 0 Å². The van der Waals surface area contributed by atoms with Crippen LogP contribution in [-0.2, 0) is 10.2 Å². The van der Waals surface area contributed by atoms with Crippen molar-refractivity contribution in [2.24, 2.45) is 0 Å². The summed E-state index contributed by atoms with van der Waals surface area (Å²) in [6.45, 7) is 7.62. The third-order valence-corrected chi connectivity index (χ3v) is 4.62. The van der Waals surface area contributed by atoms with Crippen molar-refractivity contribution in [1.29, 1.82) is 0 Å². The minimum atomic E-state index is -0.183. The van der Waals surface area contributed by atoms with Gasteiger partial charge in [-0.2, -0.15) is 4.98 Å². The molecule has 0 aromatic carbocycles. The van der Waals surface area contributed by atoms with Crippen LogP contribution in [-0.4, -0.2) is 34.4 Å². The summed E-state index contributed by atoms with van der Waals surface area (Å²) < 4.78 is 17.2. The molecular weight excluding hydrogens is 318 g/mol. The maximum Gasteiger partial charge on any atom is 0.232 e. The molecule has 0 radical (unpaired) electrons. The lowest BCUT2D eigenvalue weighted by atomic mass is 9.97. The highest BCUT2D eigenvalue weighted by molar-refractivity contribution is 5.54. The maximum absolute atomic E-state index is 6.27. The molecule has 4 rings (SSSR count). The Morgan fingerprint density at radius 2 is 2.04 bits per heavy atom. The Morgan fingerprint density at radius 1 is 1.20 bits per heavy atom. The zero-order valence-electron chi connectivity index (χ0n) is 15.1. The lowest BCUT2D eigenvalue weighted by molar-refractivity contribution is 0.00702. The van der Waals surface area contributed by atoms with Crippen molar-refractivity contribution in [3.63, 3.8) is 0 Å². The van der Waals surface area contributed by atoms with Crippen LogP contribution in [0.5, 0.6) is 5.75 Å². The summed E-state index contributed by atoms with van der Waals surface area (Å²) in [7, 11) is 0. The second kappa shape index (κ2) is 6.41. The van der Waals surface area contributed by atoms with E-state index in [1.54, 1.807) is 0 Å². The van der Waals surface area contributed by atoms with E-state index in [1.807, 2.05) is 33.0 Å². The van der Waals surface area contributed by atoms with Crippen molar-refractivity contribution in [1.82, 2.24) is 15.1 Å². The Balaban J connectivity index is 1.62. The zero-order chi connectivity index (χ0) is 17.4. The van der Waals surface area contributed by atoms with Crippen molar-refractivity contribution < 1.29 is 14.0 Å². The summed E-state index contributed by atoms with van der Waals surface area (Å²) in [4.78, 5) is 9.07. The molecule has 1 aliphatic heterocycles. The van der Waals surface area contributed by atoms with Gasteiger partial charge in [0.1, 0.15) is 17.5 Å². The molecule has 1 aliphatic carbocycles. The van der Waals surface area contributed by atoms with Crippen LogP contribution >= 0.6 is 0 Å². The Morgan fingerprint density at radius 3 is 2.68 bits per heavy atom. The third kappa shape index (κ3) is 3.68. The van der Waals surface area contributed by atoms with E-state index in [2.05, 4.69) is 15.1 Å². The van der Waals surface area contributed by atoms with Gasteiger partial charge in [-0.3, -0.25) is 4.98 Å². The smallest absolute Gasteiger partial charge is 0.232 e. The molecule has 2 aromatic rings. The van der Waals surface area contributed by atoms with Crippen LogP contribution in [0.4, 0.5) is 0 Å². The Hall–Kier alpha value is -1.95. The standard InChI is InChI=1S/C19H25N3O3/c1-19(2,3)18-21-17(22-25-18)15-9-16(14(10-20-15)12-6-7-12)24-13-5-4-8-23-11-13/h9-10,12-13H,4-8,11H2,1-3H3. The Labute approximate surface area is 147 Å². The summed E-state index contributed by atoms with van der Waals surface area (Å²) >= 11 is 0. The number of aromatic nitrogens is 3. The van der Waals surface area contributed by atoms with Gasteiger partial charge in [0.05, 0.1) is 6.61 Å². The first-order valence-electron chi connectivity index (χ1n) is 9.09. The highest BCUT2D eigenvalue weighted by Gasteiger charge is 2.30. The van der Waals surface area contributed by atoms with Crippen LogP contribution in [0.15, 0.2) is 16.8 Å². The fourth-order valence-corrected chi connectivity index (χ4v) is 2.99. The van der Waals surface area contributed by atoms with Crippen molar-refractivity contribution in [2.75, 3.05) is 13.2 Å². The van der Waals surface area contributed by atoms with E-state index in [1.165, 1.54) is 18.4 Å². The van der Waals surface area contributed by atoms with Crippen molar-refractivity contribution >= 4 is 0 Å². The van der Waals surface area contributed by atoms with E-state index in [4.69, 9.17) is 14.0 Å². The second-order valence-electron chi connectivity index (χ2n) is 8.01. The molecule has 1 saturated carbocycles. The van der Waals surface area contributed by atoms with E-state index < -0.39 is 0 Å². The first-order chi connectivity index (χ1) is 12.0. The van der Waals surface area contributed by atoms with Crippen molar-refractivity contribution in [2.45, 2.75) is 63.9 Å². The van der Waals surface area contributed by atoms with Crippen LogP contribution < -0.4 is 4.74 Å². The fourth-order valence-electron chi connectivity index (χ4n) is 2.99. The summed E-state index contributed by atoms with van der Waals surface area (Å²) in [6.07, 6.45) is 6.50. The van der Waals surface area contributed by atoms with Crippen molar-refractivity contribution in [3.8, 4) is 17.3 Å². The summed E-state index contributed by atoms with van der Waals surface area (Å²) in [5.74, 6) is 2.58. The van der Waals surface area contributed by atoms with Crippen LogP contribution in [0.2, 0.25) is 0 Å². The first-order valence-corrected chi connectivity index (χ1v) is 9.09. The predicted molar refractivity (Wildman–Crippen MR) is 92.7 cm³/mol. The molecule has 2 fully saturated rings. The number of hydrogen-bond acceptors (Lipinski definition) is 6. The SMILES string of the molecule is CC(C)(C)c1nc(-c2cc(OC3CCCOC3)c(C3CC3)cn2)no1. The molecule has 0 spiro atoms. The van der Waals surface area contributed by atoms with E-state index in [0.29, 0.717) is 29.9 Å². The number of pyridine rings is 1. The van der Waals surface area contributed by atoms with E-state index in [-0.39, 0.29) is 11.5 Å². The van der Waals surface area contributed by atoms with Crippen LogP contribution in [0, 0.1) is 0 Å². The zero-order valence-corrected chi connectivity index (χ0v) is 15.1. The van der Waals surface area contributed by atoms with Gasteiger partial charge in [-0.1, -0.05) is 25.9 Å². The average molecular weight is 343 g/mol. The Kier molecular flexibility index (Phi) is 4.23. The number of hydrogen-bond donors (Lipinski definition) is 0. The minimum absolute atomic E-state index is 0.108. The number of ether oxygens (including phenoxy) is 2. The summed E-state index contributed by atoms with van der Waals surface area (Å²) in [6, 6.07) is 1.96. The third-order valence-electron chi connectivity index (χ3n) is 4.62. The fraction of sp³-hybridized carbons (Fsp3) is 0.632. The molecule has 1 atom stereocenters. The molecule has 25 heavy (non-hydrogen) atoms. The molecule has 3 heterocycles. The lowest BCUT2D eigenvalue weighted by Crippen LogP contribution is -2.28. The highest BCUT2D eigenvalue weighted by atomic mass is 16.5. The second-order valence-corrected chi connectivity index (χ2v) is 8.01. The van der Waals surface area contributed by atoms with Gasteiger partial charge < -0.3 is 14.0 Å². The topological polar surface area (TPSA) is 70.3 Å². The molecule has 134 valence electrons. The minimum Gasteiger partial charge on any atom is -0.488 e. The molecule has 2 aliphatic rings. The monoisotopic (exact) mass is 343 g/mol. The lowest BCUT2D eigenvalue weighted by Gasteiger charge is -2.24. The molecule has 6 nitrogen and oxygen atoms in total. The molecule has 0 N–H and O–H groups in total. The Bertz CT molecular complexity index is 741. The predicted octanol–water partition coefficient (Wildman–Crippen LogP) is 3.86.